The third-order valence-electron chi connectivity index (χ3n) is 3.31. The minimum absolute atomic E-state index is 0.496. The highest BCUT2D eigenvalue weighted by Crippen LogP contribution is 2.10. The number of likely N-dealkylation sites (N-methyl/N-ethyl adjacent to an activating group) is 1. The van der Waals surface area contributed by atoms with E-state index in [-0.39, 0.29) is 0 Å². The topological polar surface area (TPSA) is 33.1 Å². The first-order valence-electron chi connectivity index (χ1n) is 7.12. The lowest BCUT2D eigenvalue weighted by Crippen LogP contribution is -2.31. The van der Waals surface area contributed by atoms with Gasteiger partial charge in [-0.05, 0) is 39.4 Å². The standard InChI is InChI=1S/C14H28N4/c1-5-9-17(11-8-15-4)12-14-7-10-18(16-14)13(3)6-2/h7,10,13,15H,5-6,8-9,11-12H2,1-4H3. The molecule has 0 saturated carbocycles. The Kier molecular flexibility index (Phi) is 6.98. The second kappa shape index (κ2) is 8.27. The second-order valence-corrected chi connectivity index (χ2v) is 4.92. The van der Waals surface area contributed by atoms with Crippen LogP contribution in [0.2, 0.25) is 0 Å². The molecule has 0 aliphatic heterocycles. The summed E-state index contributed by atoms with van der Waals surface area (Å²) in [6.45, 7) is 10.8. The summed E-state index contributed by atoms with van der Waals surface area (Å²) >= 11 is 0. The van der Waals surface area contributed by atoms with Crippen LogP contribution in [0, 0.1) is 0 Å². The number of aromatic nitrogens is 2. The molecule has 104 valence electrons. The minimum Gasteiger partial charge on any atom is -0.318 e. The van der Waals surface area contributed by atoms with E-state index in [9.17, 15) is 0 Å². The molecule has 1 atom stereocenters. The summed E-state index contributed by atoms with van der Waals surface area (Å²) in [5.74, 6) is 0. The molecule has 0 bridgehead atoms. The lowest BCUT2D eigenvalue weighted by atomic mass is 10.3. The van der Waals surface area contributed by atoms with Crippen LogP contribution in [0.1, 0.15) is 45.3 Å². The molecule has 0 aliphatic carbocycles. The van der Waals surface area contributed by atoms with Crippen molar-refractivity contribution < 1.29 is 0 Å². The van der Waals surface area contributed by atoms with Crippen molar-refractivity contribution >= 4 is 0 Å². The van der Waals surface area contributed by atoms with Gasteiger partial charge in [0.25, 0.3) is 0 Å². The Labute approximate surface area is 111 Å². The van der Waals surface area contributed by atoms with Gasteiger partial charge in [0, 0.05) is 31.9 Å². The highest BCUT2D eigenvalue weighted by Gasteiger charge is 2.08. The van der Waals surface area contributed by atoms with Gasteiger partial charge in [-0.1, -0.05) is 13.8 Å². The molecular formula is C14H28N4. The van der Waals surface area contributed by atoms with Crippen molar-refractivity contribution in [1.82, 2.24) is 20.0 Å². The fourth-order valence-corrected chi connectivity index (χ4v) is 1.98. The van der Waals surface area contributed by atoms with Crippen molar-refractivity contribution in [2.75, 3.05) is 26.7 Å². The largest absolute Gasteiger partial charge is 0.318 e. The van der Waals surface area contributed by atoms with Crippen molar-refractivity contribution in [3.8, 4) is 0 Å². The van der Waals surface area contributed by atoms with Crippen LogP contribution in [0.4, 0.5) is 0 Å². The van der Waals surface area contributed by atoms with Crippen LogP contribution in [0.5, 0.6) is 0 Å². The molecule has 0 aliphatic rings. The fraction of sp³-hybridized carbons (Fsp3) is 0.786. The van der Waals surface area contributed by atoms with Crippen molar-refractivity contribution in [2.45, 2.75) is 46.2 Å². The summed E-state index contributed by atoms with van der Waals surface area (Å²) in [6.07, 6.45) is 4.42. The molecule has 18 heavy (non-hydrogen) atoms. The maximum Gasteiger partial charge on any atom is 0.0764 e. The molecule has 1 aromatic heterocycles. The van der Waals surface area contributed by atoms with Crippen LogP contribution in [-0.4, -0.2) is 41.4 Å². The van der Waals surface area contributed by atoms with Crippen LogP contribution in [0.15, 0.2) is 12.3 Å². The number of nitrogens with one attached hydrogen (secondary N) is 1. The van der Waals surface area contributed by atoms with Crippen LogP contribution in [-0.2, 0) is 6.54 Å². The van der Waals surface area contributed by atoms with Crippen LogP contribution in [0.25, 0.3) is 0 Å². The van der Waals surface area contributed by atoms with Gasteiger partial charge < -0.3 is 5.32 Å². The number of hydrogen-bond donors (Lipinski definition) is 1. The first kappa shape index (κ1) is 15.2. The van der Waals surface area contributed by atoms with Gasteiger partial charge in [-0.2, -0.15) is 5.10 Å². The molecular weight excluding hydrogens is 224 g/mol. The van der Waals surface area contributed by atoms with Gasteiger partial charge >= 0.3 is 0 Å². The lowest BCUT2D eigenvalue weighted by Gasteiger charge is -2.20. The van der Waals surface area contributed by atoms with E-state index in [1.165, 1.54) is 12.1 Å². The Morgan fingerprint density at radius 2 is 2.17 bits per heavy atom. The molecule has 0 spiro atoms. The Bertz CT molecular complexity index is 321. The molecule has 0 amide bonds. The molecule has 1 N–H and O–H groups in total. The van der Waals surface area contributed by atoms with E-state index < -0.39 is 0 Å². The first-order valence-corrected chi connectivity index (χ1v) is 7.12. The zero-order valence-corrected chi connectivity index (χ0v) is 12.3. The maximum absolute atomic E-state index is 4.67. The summed E-state index contributed by atoms with van der Waals surface area (Å²) in [5, 5.41) is 7.87. The predicted octanol–water partition coefficient (Wildman–Crippen LogP) is 2.29. The Balaban J connectivity index is 2.54. The van der Waals surface area contributed by atoms with Gasteiger partial charge in [-0.25, -0.2) is 0 Å². The van der Waals surface area contributed by atoms with Crippen LogP contribution >= 0.6 is 0 Å². The highest BCUT2D eigenvalue weighted by atomic mass is 15.3. The molecule has 1 rings (SSSR count). The van der Waals surface area contributed by atoms with Gasteiger partial charge in [-0.15, -0.1) is 0 Å². The zero-order chi connectivity index (χ0) is 13.4. The van der Waals surface area contributed by atoms with Crippen molar-refractivity contribution in [3.05, 3.63) is 18.0 Å². The highest BCUT2D eigenvalue weighted by molar-refractivity contribution is 4.99. The molecule has 0 radical (unpaired) electrons. The monoisotopic (exact) mass is 252 g/mol. The summed E-state index contributed by atoms with van der Waals surface area (Å²) in [6, 6.07) is 2.64. The third-order valence-corrected chi connectivity index (χ3v) is 3.31. The van der Waals surface area contributed by atoms with Crippen molar-refractivity contribution in [3.63, 3.8) is 0 Å². The second-order valence-electron chi connectivity index (χ2n) is 4.92. The number of rotatable bonds is 9. The van der Waals surface area contributed by atoms with E-state index in [4.69, 9.17) is 0 Å². The molecule has 0 aromatic carbocycles. The maximum atomic E-state index is 4.67. The van der Waals surface area contributed by atoms with E-state index in [2.05, 4.69) is 53.0 Å². The quantitative estimate of drug-likeness (QED) is 0.732. The lowest BCUT2D eigenvalue weighted by molar-refractivity contribution is 0.263. The van der Waals surface area contributed by atoms with E-state index >= 15 is 0 Å². The van der Waals surface area contributed by atoms with Crippen LogP contribution in [0.3, 0.4) is 0 Å². The molecule has 1 heterocycles. The third kappa shape index (κ3) is 4.78. The number of hydrogen-bond acceptors (Lipinski definition) is 3. The number of nitrogens with zero attached hydrogens (tertiary/aromatic N) is 3. The SMILES string of the molecule is CCCN(CCNC)Cc1ccn(C(C)CC)n1. The molecule has 4 heteroatoms. The average molecular weight is 252 g/mol. The molecule has 0 saturated heterocycles. The van der Waals surface area contributed by atoms with Gasteiger partial charge in [0.15, 0.2) is 0 Å². The van der Waals surface area contributed by atoms with Gasteiger partial charge in [0.1, 0.15) is 0 Å². The first-order chi connectivity index (χ1) is 8.71. The summed E-state index contributed by atoms with van der Waals surface area (Å²) in [5.41, 5.74) is 1.18. The smallest absolute Gasteiger partial charge is 0.0764 e. The van der Waals surface area contributed by atoms with Gasteiger partial charge in [0.2, 0.25) is 0 Å². The van der Waals surface area contributed by atoms with Gasteiger partial charge in [0.05, 0.1) is 5.69 Å². The van der Waals surface area contributed by atoms with E-state index in [0.29, 0.717) is 6.04 Å². The normalized spacial score (nSPS) is 13.2. The predicted molar refractivity (Wildman–Crippen MR) is 76.7 cm³/mol. The van der Waals surface area contributed by atoms with E-state index in [1.54, 1.807) is 0 Å². The molecule has 1 aromatic rings. The zero-order valence-electron chi connectivity index (χ0n) is 12.3. The summed E-state index contributed by atoms with van der Waals surface area (Å²) in [4.78, 5) is 2.46. The van der Waals surface area contributed by atoms with E-state index in [0.717, 1.165) is 32.6 Å². The van der Waals surface area contributed by atoms with Crippen LogP contribution < -0.4 is 5.32 Å². The van der Waals surface area contributed by atoms with Crippen molar-refractivity contribution in [1.29, 1.82) is 0 Å². The Morgan fingerprint density at radius 3 is 2.78 bits per heavy atom. The Hall–Kier alpha value is -0.870. The average Bonchev–Trinajstić information content (AvgIpc) is 2.83. The summed E-state index contributed by atoms with van der Waals surface area (Å²) < 4.78 is 2.08. The molecule has 0 fully saturated rings. The summed E-state index contributed by atoms with van der Waals surface area (Å²) in [7, 11) is 2.00. The molecule has 4 nitrogen and oxygen atoms in total. The Morgan fingerprint density at radius 1 is 1.39 bits per heavy atom. The van der Waals surface area contributed by atoms with Crippen molar-refractivity contribution in [2.24, 2.45) is 0 Å². The minimum atomic E-state index is 0.496. The van der Waals surface area contributed by atoms with Gasteiger partial charge in [-0.3, -0.25) is 9.58 Å². The fourth-order valence-electron chi connectivity index (χ4n) is 1.98. The van der Waals surface area contributed by atoms with E-state index in [1.807, 2.05) is 7.05 Å². The molecule has 1 unspecified atom stereocenters.